The van der Waals surface area contributed by atoms with Gasteiger partial charge in [0.15, 0.2) is 11.6 Å². The predicted molar refractivity (Wildman–Crippen MR) is 157 cm³/mol. The van der Waals surface area contributed by atoms with Crippen LogP contribution < -0.4 is 10.2 Å². The van der Waals surface area contributed by atoms with E-state index >= 15 is 0 Å². The minimum Gasteiger partial charge on any atom is -0.338 e. The van der Waals surface area contributed by atoms with Gasteiger partial charge < -0.3 is 15.1 Å². The topological polar surface area (TPSA) is 111 Å². The summed E-state index contributed by atoms with van der Waals surface area (Å²) in [4.78, 5) is 36.1. The van der Waals surface area contributed by atoms with Gasteiger partial charge in [-0.15, -0.1) is 0 Å². The smallest absolute Gasteiger partial charge is 0.226 e. The van der Waals surface area contributed by atoms with Crippen molar-refractivity contribution in [2.75, 3.05) is 42.9 Å². The number of piperazine rings is 1. The first-order valence-corrected chi connectivity index (χ1v) is 13.6. The van der Waals surface area contributed by atoms with Crippen LogP contribution in [0, 0.1) is 18.3 Å². The van der Waals surface area contributed by atoms with E-state index < -0.39 is 5.41 Å². The van der Waals surface area contributed by atoms with Crippen LogP contribution in [0.5, 0.6) is 0 Å². The SMILES string of the molecule is CCN1CCN(c2ncc3ncnc(Nc4cc(CC(=O)c5cccc(C(C)(C)C#N)c5)ccc4C)c3n2)CC1. The monoisotopic (exact) mass is 534 g/mol. The number of nitrogens with one attached hydrogen (secondary N) is 1. The van der Waals surface area contributed by atoms with Crippen molar-refractivity contribution in [2.45, 2.75) is 39.5 Å². The molecule has 1 N–H and O–H groups in total. The summed E-state index contributed by atoms with van der Waals surface area (Å²) >= 11 is 0. The van der Waals surface area contributed by atoms with Gasteiger partial charge in [0.05, 0.1) is 17.7 Å². The third-order valence-corrected chi connectivity index (χ3v) is 7.57. The highest BCUT2D eigenvalue weighted by Crippen LogP contribution is 2.27. The molecule has 9 nitrogen and oxygen atoms in total. The van der Waals surface area contributed by atoms with E-state index in [0.29, 0.717) is 28.4 Å². The van der Waals surface area contributed by atoms with Crippen molar-refractivity contribution >= 4 is 34.3 Å². The number of nitriles is 1. The Morgan fingerprint density at radius 2 is 1.88 bits per heavy atom. The summed E-state index contributed by atoms with van der Waals surface area (Å²) in [6, 6.07) is 15.6. The molecule has 3 heterocycles. The molecule has 0 unspecified atom stereocenters. The lowest BCUT2D eigenvalue weighted by molar-refractivity contribution is 0.0993. The van der Waals surface area contributed by atoms with Crippen LogP contribution in [0.2, 0.25) is 0 Å². The summed E-state index contributed by atoms with van der Waals surface area (Å²) in [7, 11) is 0. The van der Waals surface area contributed by atoms with E-state index in [1.165, 1.54) is 6.33 Å². The molecule has 2 aromatic carbocycles. The van der Waals surface area contributed by atoms with Crippen LogP contribution in [0.1, 0.15) is 47.8 Å². The highest BCUT2D eigenvalue weighted by atomic mass is 16.1. The zero-order valence-electron chi connectivity index (χ0n) is 23.5. The second-order valence-corrected chi connectivity index (χ2v) is 10.7. The predicted octanol–water partition coefficient (Wildman–Crippen LogP) is 4.84. The zero-order chi connectivity index (χ0) is 28.3. The highest BCUT2D eigenvalue weighted by Gasteiger charge is 2.22. The number of hydrogen-bond donors (Lipinski definition) is 1. The van der Waals surface area contributed by atoms with Crippen molar-refractivity contribution < 1.29 is 4.79 Å². The molecule has 0 bridgehead atoms. The second kappa shape index (κ2) is 11.4. The third-order valence-electron chi connectivity index (χ3n) is 7.57. The first-order valence-electron chi connectivity index (χ1n) is 13.6. The first kappa shape index (κ1) is 27.2. The number of carbonyl (C=O) groups excluding carboxylic acids is 1. The minimum atomic E-state index is -0.662. The van der Waals surface area contributed by atoms with E-state index in [1.54, 1.807) is 12.3 Å². The van der Waals surface area contributed by atoms with Gasteiger partial charge in [0.25, 0.3) is 0 Å². The molecule has 204 valence electrons. The van der Waals surface area contributed by atoms with Crippen molar-refractivity contribution in [1.82, 2.24) is 24.8 Å². The fourth-order valence-corrected chi connectivity index (χ4v) is 4.83. The second-order valence-electron chi connectivity index (χ2n) is 10.7. The number of aryl methyl sites for hydroxylation is 1. The summed E-state index contributed by atoms with van der Waals surface area (Å²) in [6.45, 7) is 12.7. The fraction of sp³-hybridized carbons (Fsp3) is 0.355. The molecule has 0 aliphatic carbocycles. The number of anilines is 3. The Bertz CT molecular complexity index is 1580. The molecule has 5 rings (SSSR count). The van der Waals surface area contributed by atoms with Crippen LogP contribution in [-0.2, 0) is 11.8 Å². The van der Waals surface area contributed by atoms with Crippen LogP contribution in [0.3, 0.4) is 0 Å². The quantitative estimate of drug-likeness (QED) is 0.317. The van der Waals surface area contributed by atoms with Crippen molar-refractivity contribution in [1.29, 1.82) is 5.26 Å². The van der Waals surface area contributed by atoms with Crippen LogP contribution in [-0.4, -0.2) is 63.3 Å². The van der Waals surface area contributed by atoms with Gasteiger partial charge >= 0.3 is 0 Å². The normalized spacial score (nSPS) is 14.2. The molecule has 0 radical (unpaired) electrons. The van der Waals surface area contributed by atoms with Crippen molar-refractivity contribution in [2.24, 2.45) is 0 Å². The molecule has 4 aromatic rings. The Kier molecular flexibility index (Phi) is 7.71. The molecule has 1 aliphatic heterocycles. The van der Waals surface area contributed by atoms with E-state index in [1.807, 2.05) is 57.2 Å². The van der Waals surface area contributed by atoms with Crippen molar-refractivity contribution in [3.63, 3.8) is 0 Å². The standard InChI is InChI=1S/C31H34N8O/c1-5-38-11-13-39(14-12-38)30-33-18-26-28(37-30)29(35-20-34-26)36-25-15-22(10-9-21(25)2)16-27(40)23-7-6-8-24(17-23)31(3,4)19-32/h6-10,15,17-18,20H,5,11-14,16H2,1-4H3,(H,34,35,36). The van der Waals surface area contributed by atoms with Crippen LogP contribution >= 0.6 is 0 Å². The Balaban J connectivity index is 1.38. The molecule has 1 aliphatic rings. The van der Waals surface area contributed by atoms with Gasteiger partial charge in [-0.2, -0.15) is 5.26 Å². The number of fused-ring (bicyclic) bond motifs is 1. The lowest BCUT2D eigenvalue weighted by atomic mass is 9.85. The maximum Gasteiger partial charge on any atom is 0.226 e. The minimum absolute atomic E-state index is 0.00145. The van der Waals surface area contributed by atoms with Gasteiger partial charge in [-0.3, -0.25) is 4.79 Å². The molecule has 0 saturated carbocycles. The van der Waals surface area contributed by atoms with Crippen LogP contribution in [0.25, 0.3) is 11.0 Å². The number of nitrogens with zero attached hydrogens (tertiary/aromatic N) is 7. The van der Waals surface area contributed by atoms with E-state index in [0.717, 1.165) is 55.1 Å². The van der Waals surface area contributed by atoms with Gasteiger partial charge in [-0.05, 0) is 56.1 Å². The van der Waals surface area contributed by atoms with E-state index in [-0.39, 0.29) is 12.2 Å². The number of carbonyl (C=O) groups is 1. The number of rotatable bonds is 8. The van der Waals surface area contributed by atoms with E-state index in [2.05, 4.69) is 43.1 Å². The number of aromatic nitrogens is 4. The summed E-state index contributed by atoms with van der Waals surface area (Å²) < 4.78 is 0. The molecule has 9 heteroatoms. The molecule has 0 spiro atoms. The van der Waals surface area contributed by atoms with E-state index in [4.69, 9.17) is 4.98 Å². The maximum atomic E-state index is 13.2. The number of ketones is 1. The Morgan fingerprint density at radius 3 is 2.62 bits per heavy atom. The Hall–Kier alpha value is -4.42. The molecular weight excluding hydrogens is 500 g/mol. The zero-order valence-corrected chi connectivity index (χ0v) is 23.5. The summed E-state index contributed by atoms with van der Waals surface area (Å²) in [5.41, 5.74) is 4.83. The molecule has 40 heavy (non-hydrogen) atoms. The van der Waals surface area contributed by atoms with Crippen LogP contribution in [0.15, 0.2) is 55.0 Å². The number of Topliss-reactive ketones (excluding diaryl/α,β-unsaturated/α-hetero) is 1. The van der Waals surface area contributed by atoms with Crippen LogP contribution in [0.4, 0.5) is 17.5 Å². The number of hydrogen-bond acceptors (Lipinski definition) is 9. The molecule has 2 aromatic heterocycles. The maximum absolute atomic E-state index is 13.2. The number of benzene rings is 2. The lowest BCUT2D eigenvalue weighted by Gasteiger charge is -2.34. The fourth-order valence-electron chi connectivity index (χ4n) is 4.83. The van der Waals surface area contributed by atoms with E-state index in [9.17, 15) is 10.1 Å². The highest BCUT2D eigenvalue weighted by molar-refractivity contribution is 5.98. The Labute approximate surface area is 234 Å². The average molecular weight is 535 g/mol. The molecule has 0 atom stereocenters. The molecule has 0 amide bonds. The molecule has 1 saturated heterocycles. The van der Waals surface area contributed by atoms with Gasteiger partial charge in [0, 0.05) is 43.9 Å². The lowest BCUT2D eigenvalue weighted by Crippen LogP contribution is -2.46. The Morgan fingerprint density at radius 1 is 1.07 bits per heavy atom. The van der Waals surface area contributed by atoms with Gasteiger partial charge in [-0.1, -0.05) is 37.3 Å². The number of likely N-dealkylation sites (N-methyl/N-ethyl adjacent to an activating group) is 1. The van der Waals surface area contributed by atoms with Gasteiger partial charge in [0.1, 0.15) is 17.4 Å². The molecular formula is C31H34N8O. The summed E-state index contributed by atoms with van der Waals surface area (Å²) in [5.74, 6) is 1.27. The summed E-state index contributed by atoms with van der Waals surface area (Å²) in [5, 5.41) is 12.9. The first-order chi connectivity index (χ1) is 19.3. The third kappa shape index (κ3) is 5.77. The van der Waals surface area contributed by atoms with Crippen molar-refractivity contribution in [3.8, 4) is 6.07 Å². The summed E-state index contributed by atoms with van der Waals surface area (Å²) in [6.07, 6.45) is 3.50. The van der Waals surface area contributed by atoms with Gasteiger partial charge in [-0.25, -0.2) is 19.9 Å². The largest absolute Gasteiger partial charge is 0.338 e. The molecule has 1 fully saturated rings. The average Bonchev–Trinajstić information content (AvgIpc) is 2.99. The van der Waals surface area contributed by atoms with Gasteiger partial charge in [0.2, 0.25) is 5.95 Å². The van der Waals surface area contributed by atoms with Crippen molar-refractivity contribution in [3.05, 3.63) is 77.2 Å².